The van der Waals surface area contributed by atoms with Gasteiger partial charge in [0.05, 0.1) is 41.9 Å². The van der Waals surface area contributed by atoms with Gasteiger partial charge in [-0.2, -0.15) is 0 Å². The average molecular weight is 406 g/mol. The first kappa shape index (κ1) is 20.7. The van der Waals surface area contributed by atoms with E-state index in [2.05, 4.69) is 15.6 Å². The first-order chi connectivity index (χ1) is 13.7. The second kappa shape index (κ2) is 10.5. The normalized spacial score (nSPS) is 16.3. The Balaban J connectivity index is 1.69. The minimum Gasteiger partial charge on any atom is -0.491 e. The van der Waals surface area contributed by atoms with E-state index in [0.717, 1.165) is 46.8 Å². The Morgan fingerprint density at radius 3 is 3.00 bits per heavy atom. The van der Waals surface area contributed by atoms with Crippen LogP contribution in [-0.4, -0.2) is 55.0 Å². The lowest BCUT2D eigenvalue weighted by Crippen LogP contribution is -2.40. The molecule has 28 heavy (non-hydrogen) atoms. The van der Waals surface area contributed by atoms with Crippen LogP contribution in [0.4, 0.5) is 0 Å². The Morgan fingerprint density at radius 2 is 2.29 bits per heavy atom. The molecule has 1 aliphatic rings. The number of hydrogen-bond acceptors (Lipinski definition) is 7. The summed E-state index contributed by atoms with van der Waals surface area (Å²) in [6.07, 6.45) is 1.91. The number of carbonyl (C=O) groups is 1. The van der Waals surface area contributed by atoms with Gasteiger partial charge in [0.25, 0.3) is 0 Å². The molecule has 7 nitrogen and oxygen atoms in total. The Kier molecular flexibility index (Phi) is 7.79. The Labute approximate surface area is 169 Å². The maximum absolute atomic E-state index is 12.3. The summed E-state index contributed by atoms with van der Waals surface area (Å²) in [5.74, 6) is 0.745. The van der Waals surface area contributed by atoms with Gasteiger partial charge in [0.15, 0.2) is 0 Å². The summed E-state index contributed by atoms with van der Waals surface area (Å²) in [4.78, 5) is 17.7. The van der Waals surface area contributed by atoms with E-state index in [9.17, 15) is 4.79 Å². The number of ether oxygens (including phenoxy) is 2. The topological polar surface area (TPSA) is 92.7 Å². The number of thiazole rings is 1. The van der Waals surface area contributed by atoms with Gasteiger partial charge in [-0.3, -0.25) is 4.79 Å². The summed E-state index contributed by atoms with van der Waals surface area (Å²) >= 11 is 1.59. The van der Waals surface area contributed by atoms with Crippen molar-refractivity contribution >= 4 is 17.2 Å². The molecule has 3 N–H and O–H groups in total. The Morgan fingerprint density at radius 1 is 1.39 bits per heavy atom. The van der Waals surface area contributed by atoms with Gasteiger partial charge in [-0.1, -0.05) is 12.1 Å². The lowest BCUT2D eigenvalue weighted by atomic mass is 10.1. The summed E-state index contributed by atoms with van der Waals surface area (Å²) < 4.78 is 11.2. The molecule has 0 saturated carbocycles. The predicted molar refractivity (Wildman–Crippen MR) is 109 cm³/mol. The van der Waals surface area contributed by atoms with Crippen LogP contribution in [0.2, 0.25) is 0 Å². The van der Waals surface area contributed by atoms with E-state index in [0.29, 0.717) is 26.4 Å². The van der Waals surface area contributed by atoms with E-state index in [1.165, 1.54) is 0 Å². The van der Waals surface area contributed by atoms with Gasteiger partial charge in [0, 0.05) is 12.1 Å². The number of rotatable bonds is 10. The maximum atomic E-state index is 12.3. The molecule has 2 aromatic rings. The van der Waals surface area contributed by atoms with Crippen LogP contribution in [0.15, 0.2) is 23.7 Å². The smallest absolute Gasteiger partial charge is 0.237 e. The molecule has 152 valence electrons. The molecule has 3 rings (SSSR count). The second-order valence-corrected chi connectivity index (χ2v) is 7.50. The van der Waals surface area contributed by atoms with Crippen LogP contribution in [0.25, 0.3) is 10.4 Å². The number of benzene rings is 1. The zero-order chi connectivity index (χ0) is 19.8. The van der Waals surface area contributed by atoms with Crippen LogP contribution in [0.3, 0.4) is 0 Å². The molecule has 1 fully saturated rings. The fraction of sp³-hybridized carbons (Fsp3) is 0.500. The van der Waals surface area contributed by atoms with Gasteiger partial charge in [-0.25, -0.2) is 4.98 Å². The van der Waals surface area contributed by atoms with Crippen LogP contribution < -0.4 is 15.4 Å². The molecule has 1 aromatic carbocycles. The largest absolute Gasteiger partial charge is 0.491 e. The van der Waals surface area contributed by atoms with Gasteiger partial charge < -0.3 is 25.2 Å². The first-order valence-corrected chi connectivity index (χ1v) is 10.4. The molecule has 0 aliphatic carbocycles. The molecule has 0 spiro atoms. The van der Waals surface area contributed by atoms with Crippen molar-refractivity contribution in [3.63, 3.8) is 0 Å². The number of amides is 1. The van der Waals surface area contributed by atoms with Gasteiger partial charge in [0.2, 0.25) is 5.91 Å². The van der Waals surface area contributed by atoms with Crippen molar-refractivity contribution in [2.45, 2.75) is 32.4 Å². The minimum absolute atomic E-state index is 0.00732. The van der Waals surface area contributed by atoms with E-state index in [1.807, 2.05) is 30.6 Å². The number of nitrogens with zero attached hydrogens (tertiary/aromatic N) is 1. The van der Waals surface area contributed by atoms with Crippen LogP contribution in [0.1, 0.15) is 24.1 Å². The number of carbonyl (C=O) groups excluding carboxylic acids is 1. The molecule has 1 atom stereocenters. The predicted octanol–water partition coefficient (Wildman–Crippen LogP) is 1.87. The molecule has 1 aliphatic heterocycles. The molecular formula is C20H27N3O4S. The van der Waals surface area contributed by atoms with Crippen molar-refractivity contribution in [3.05, 3.63) is 35.0 Å². The molecule has 8 heteroatoms. The highest BCUT2D eigenvalue weighted by molar-refractivity contribution is 7.13. The third kappa shape index (κ3) is 5.51. The summed E-state index contributed by atoms with van der Waals surface area (Å²) in [5.41, 5.74) is 4.77. The number of aromatic nitrogens is 1. The molecule has 0 radical (unpaired) electrons. The molecule has 2 heterocycles. The quantitative estimate of drug-likeness (QED) is 0.523. The monoisotopic (exact) mass is 405 g/mol. The zero-order valence-electron chi connectivity index (χ0n) is 16.1. The average Bonchev–Trinajstić information content (AvgIpc) is 3.38. The van der Waals surface area contributed by atoms with Crippen molar-refractivity contribution in [1.29, 1.82) is 0 Å². The van der Waals surface area contributed by atoms with E-state index in [4.69, 9.17) is 14.6 Å². The summed E-state index contributed by atoms with van der Waals surface area (Å²) in [6, 6.07) is 5.91. The Hall–Kier alpha value is -2.00. The van der Waals surface area contributed by atoms with E-state index in [1.54, 1.807) is 11.3 Å². The Bertz CT molecular complexity index is 775. The van der Waals surface area contributed by atoms with E-state index >= 15 is 0 Å². The number of nitrogens with one attached hydrogen (secondary N) is 2. The van der Waals surface area contributed by atoms with Crippen molar-refractivity contribution in [2.75, 3.05) is 33.0 Å². The highest BCUT2D eigenvalue weighted by Crippen LogP contribution is 2.32. The standard InChI is InChI=1S/C20H27N3O4S/c1-14-19(28-13-23-14)15-4-5-16(12-22-20(25)17-3-2-6-21-17)18(11-15)27-10-9-26-8-7-24/h4-5,11,13,17,21,24H,2-3,6-10,12H2,1H3,(H,22,25). The number of aliphatic hydroxyl groups is 1. The molecule has 0 bridgehead atoms. The molecule has 1 amide bonds. The van der Waals surface area contributed by atoms with Crippen LogP contribution in [0, 0.1) is 6.92 Å². The van der Waals surface area contributed by atoms with Crippen molar-refractivity contribution < 1.29 is 19.4 Å². The SMILES string of the molecule is Cc1ncsc1-c1ccc(CNC(=O)C2CCCN2)c(OCCOCCO)c1. The number of hydrogen-bond donors (Lipinski definition) is 3. The highest BCUT2D eigenvalue weighted by atomic mass is 32.1. The van der Waals surface area contributed by atoms with Crippen molar-refractivity contribution in [2.24, 2.45) is 0 Å². The lowest BCUT2D eigenvalue weighted by molar-refractivity contribution is -0.122. The molecule has 1 unspecified atom stereocenters. The fourth-order valence-corrected chi connectivity index (χ4v) is 3.95. The van der Waals surface area contributed by atoms with Crippen LogP contribution in [-0.2, 0) is 16.1 Å². The van der Waals surface area contributed by atoms with Gasteiger partial charge in [0.1, 0.15) is 12.4 Å². The summed E-state index contributed by atoms with van der Waals surface area (Å²) in [7, 11) is 0. The van der Waals surface area contributed by atoms with Gasteiger partial charge >= 0.3 is 0 Å². The minimum atomic E-state index is -0.102. The van der Waals surface area contributed by atoms with Gasteiger partial charge in [-0.15, -0.1) is 11.3 Å². The third-order valence-corrected chi connectivity index (χ3v) is 5.60. The van der Waals surface area contributed by atoms with E-state index < -0.39 is 0 Å². The first-order valence-electron chi connectivity index (χ1n) is 9.55. The number of aliphatic hydroxyl groups excluding tert-OH is 1. The number of aryl methyl sites for hydroxylation is 1. The maximum Gasteiger partial charge on any atom is 0.237 e. The third-order valence-electron chi connectivity index (χ3n) is 4.63. The molecule has 1 aromatic heterocycles. The van der Waals surface area contributed by atoms with Gasteiger partial charge in [-0.05, 0) is 37.9 Å². The molecular weight excluding hydrogens is 378 g/mol. The highest BCUT2D eigenvalue weighted by Gasteiger charge is 2.22. The van der Waals surface area contributed by atoms with Crippen LogP contribution >= 0.6 is 11.3 Å². The molecule has 1 saturated heterocycles. The van der Waals surface area contributed by atoms with Crippen molar-refractivity contribution in [3.8, 4) is 16.2 Å². The zero-order valence-corrected chi connectivity index (χ0v) is 16.9. The summed E-state index contributed by atoms with van der Waals surface area (Å²) in [5, 5.41) is 15.0. The second-order valence-electron chi connectivity index (χ2n) is 6.64. The van der Waals surface area contributed by atoms with Crippen LogP contribution in [0.5, 0.6) is 5.75 Å². The lowest BCUT2D eigenvalue weighted by Gasteiger charge is -2.16. The van der Waals surface area contributed by atoms with Crippen molar-refractivity contribution in [1.82, 2.24) is 15.6 Å². The fourth-order valence-electron chi connectivity index (χ4n) is 3.15. The summed E-state index contributed by atoms with van der Waals surface area (Å²) in [6.45, 7) is 4.33. The van der Waals surface area contributed by atoms with E-state index in [-0.39, 0.29) is 18.6 Å².